The maximum absolute atomic E-state index is 14.2. The number of hydrogen-bond acceptors (Lipinski definition) is 15. The predicted octanol–water partition coefficient (Wildman–Crippen LogP) is 3.31. The molecule has 16 nitrogen and oxygen atoms in total. The molecule has 1 fully saturated rings. The van der Waals surface area contributed by atoms with Gasteiger partial charge in [0.05, 0.1) is 6.54 Å². The number of carbonyl (C=O) groups excluding carboxylic acids is 1. The smallest absolute Gasteiger partial charge is 0.336 e. The van der Waals surface area contributed by atoms with Gasteiger partial charge in [0.15, 0.2) is 11.2 Å². The van der Waals surface area contributed by atoms with E-state index in [1.807, 2.05) is 18.2 Å². The van der Waals surface area contributed by atoms with Crippen molar-refractivity contribution in [2.75, 3.05) is 37.6 Å². The standard InChI is InChI=1S/C38H40N4O12/c1-2-3-4-5-6-7-8-12-26(43)50-24(22-40-18-20-41(21-19-40)25-11-9-10-17-39-25)23-42-37(48)31-32(38(42)49)34-36(54-30(47)16-14-28(45)52-34)35-33(31)51-27(44)13-15-29(46)53-35/h9-11,13-17,24H,2-8,12,18-23H2,1H3. The summed E-state index contributed by atoms with van der Waals surface area (Å²) >= 11 is 0. The van der Waals surface area contributed by atoms with Gasteiger partial charge in [0.1, 0.15) is 22.7 Å². The zero-order valence-electron chi connectivity index (χ0n) is 29.8. The Kier molecular flexibility index (Phi) is 12.1. The van der Waals surface area contributed by atoms with Crippen LogP contribution < -0.4 is 38.5 Å². The van der Waals surface area contributed by atoms with Gasteiger partial charge in [-0.2, -0.15) is 0 Å². The van der Waals surface area contributed by atoms with E-state index in [9.17, 15) is 33.6 Å². The lowest BCUT2D eigenvalue weighted by Crippen LogP contribution is -2.50. The van der Waals surface area contributed by atoms with Crippen LogP contribution in [0, 0.1) is 0 Å². The molecule has 5 aromatic rings. The fourth-order valence-electron chi connectivity index (χ4n) is 6.58. The van der Waals surface area contributed by atoms with Crippen molar-refractivity contribution in [1.29, 1.82) is 0 Å². The molecule has 0 amide bonds. The maximum Gasteiger partial charge on any atom is 0.336 e. The first-order valence-electron chi connectivity index (χ1n) is 18.0. The lowest BCUT2D eigenvalue weighted by atomic mass is 10.1. The average Bonchev–Trinajstić information content (AvgIpc) is 3.39. The van der Waals surface area contributed by atoms with Crippen molar-refractivity contribution in [2.24, 2.45) is 0 Å². The third-order valence-electron chi connectivity index (χ3n) is 9.24. The number of benzene rings is 1. The lowest BCUT2D eigenvalue weighted by Gasteiger charge is -2.36. The molecule has 6 rings (SSSR count). The summed E-state index contributed by atoms with van der Waals surface area (Å²) in [6.07, 6.45) is 7.84. The number of esters is 1. The van der Waals surface area contributed by atoms with E-state index in [1.54, 1.807) is 6.20 Å². The van der Waals surface area contributed by atoms with Gasteiger partial charge in [-0.3, -0.25) is 23.9 Å². The van der Waals surface area contributed by atoms with Gasteiger partial charge in [0.25, 0.3) is 11.1 Å². The summed E-state index contributed by atoms with van der Waals surface area (Å²) in [6, 6.07) is 8.63. The number of hydrogen-bond donors (Lipinski definition) is 0. The summed E-state index contributed by atoms with van der Waals surface area (Å²) in [6.45, 7) is 4.26. The van der Waals surface area contributed by atoms with Crippen LogP contribution >= 0.6 is 0 Å². The summed E-state index contributed by atoms with van der Waals surface area (Å²) < 4.78 is 28.0. The Hall–Kier alpha value is -5.90. The van der Waals surface area contributed by atoms with E-state index >= 15 is 0 Å². The summed E-state index contributed by atoms with van der Waals surface area (Å²) in [5.74, 6) is 0.335. The van der Waals surface area contributed by atoms with E-state index in [4.69, 9.17) is 22.4 Å². The second kappa shape index (κ2) is 17.3. The number of piperazine rings is 1. The molecule has 5 heterocycles. The van der Waals surface area contributed by atoms with Gasteiger partial charge in [-0.15, -0.1) is 0 Å². The molecule has 284 valence electrons. The molecule has 1 aliphatic rings. The van der Waals surface area contributed by atoms with E-state index in [0.717, 1.165) is 66.8 Å². The van der Waals surface area contributed by atoms with Crippen LogP contribution in [0.3, 0.4) is 0 Å². The van der Waals surface area contributed by atoms with Gasteiger partial charge >= 0.3 is 28.5 Å². The van der Waals surface area contributed by atoms with E-state index in [-0.39, 0.29) is 13.0 Å². The average molecular weight is 745 g/mol. The largest absolute Gasteiger partial charge is 0.459 e. The highest BCUT2D eigenvalue weighted by atomic mass is 16.5. The molecule has 54 heavy (non-hydrogen) atoms. The Balaban J connectivity index is 1.40. The Labute approximate surface area is 305 Å². The van der Waals surface area contributed by atoms with Gasteiger partial charge in [0.2, 0.25) is 11.2 Å². The molecule has 0 bridgehead atoms. The van der Waals surface area contributed by atoms with E-state index in [0.29, 0.717) is 32.6 Å². The Morgan fingerprint density at radius 2 is 1.19 bits per heavy atom. The third-order valence-corrected chi connectivity index (χ3v) is 9.24. The molecular formula is C38H40N4O12. The zero-order valence-corrected chi connectivity index (χ0v) is 29.8. The molecule has 0 aliphatic carbocycles. The number of fused-ring (bicyclic) bond motifs is 6. The summed E-state index contributed by atoms with van der Waals surface area (Å²) in [7, 11) is 0. The second-order valence-corrected chi connectivity index (χ2v) is 13.1. The molecule has 1 unspecified atom stereocenters. The fraction of sp³-hybridized carbons (Fsp3) is 0.421. The first-order valence-corrected chi connectivity index (χ1v) is 18.0. The van der Waals surface area contributed by atoms with Crippen LogP contribution in [0.15, 0.2) is 95.1 Å². The van der Waals surface area contributed by atoms with Crippen molar-refractivity contribution in [2.45, 2.75) is 70.9 Å². The van der Waals surface area contributed by atoms with Crippen molar-refractivity contribution in [3.8, 4) is 0 Å². The molecule has 1 atom stereocenters. The van der Waals surface area contributed by atoms with Crippen LogP contribution in [-0.4, -0.2) is 59.2 Å². The molecular weight excluding hydrogens is 704 g/mol. The fourth-order valence-corrected chi connectivity index (χ4v) is 6.58. The number of ether oxygens (including phenoxy) is 1. The minimum Gasteiger partial charge on any atom is -0.459 e. The topological polar surface area (TPSA) is 206 Å². The van der Waals surface area contributed by atoms with Crippen LogP contribution in [-0.2, 0) is 16.1 Å². The number of aromatic nitrogens is 2. The van der Waals surface area contributed by atoms with Crippen LogP contribution in [0.2, 0.25) is 0 Å². The number of carbonyl (C=O) groups is 1. The maximum atomic E-state index is 14.2. The third kappa shape index (κ3) is 8.82. The van der Waals surface area contributed by atoms with E-state index in [2.05, 4.69) is 21.7 Å². The van der Waals surface area contributed by atoms with E-state index in [1.165, 1.54) is 6.42 Å². The number of pyridine rings is 1. The lowest BCUT2D eigenvalue weighted by molar-refractivity contribution is -0.151. The molecule has 1 saturated heterocycles. The number of anilines is 1. The summed E-state index contributed by atoms with van der Waals surface area (Å²) in [5.41, 5.74) is -9.32. The van der Waals surface area contributed by atoms with Crippen molar-refractivity contribution >= 4 is 44.9 Å². The molecule has 0 saturated carbocycles. The Bertz CT molecular complexity index is 2410. The minimum atomic E-state index is -1.11. The monoisotopic (exact) mass is 744 g/mol. The van der Waals surface area contributed by atoms with Crippen molar-refractivity contribution in [3.05, 3.63) is 111 Å². The Morgan fingerprint density at radius 1 is 0.667 bits per heavy atom. The minimum absolute atomic E-state index is 0.143. The quantitative estimate of drug-likeness (QED) is 0.118. The van der Waals surface area contributed by atoms with Crippen molar-refractivity contribution < 1.29 is 27.2 Å². The highest BCUT2D eigenvalue weighted by Gasteiger charge is 2.29. The summed E-state index contributed by atoms with van der Waals surface area (Å²) in [5, 5.41) is -1.15. The van der Waals surface area contributed by atoms with Gasteiger partial charge in [-0.05, 0) is 18.6 Å². The van der Waals surface area contributed by atoms with Gasteiger partial charge in [-0.1, -0.05) is 51.5 Å². The van der Waals surface area contributed by atoms with Gasteiger partial charge in [0, 0.05) is 69.6 Å². The van der Waals surface area contributed by atoms with Crippen LogP contribution in [0.1, 0.15) is 58.3 Å². The first kappa shape index (κ1) is 37.8. The van der Waals surface area contributed by atoms with Gasteiger partial charge < -0.3 is 27.3 Å². The molecule has 0 N–H and O–H groups in total. The number of nitrogens with zero attached hydrogens (tertiary/aromatic N) is 4. The molecule has 1 aliphatic heterocycles. The van der Waals surface area contributed by atoms with Crippen LogP contribution in [0.25, 0.3) is 33.1 Å². The number of rotatable bonds is 14. The predicted molar refractivity (Wildman–Crippen MR) is 198 cm³/mol. The molecule has 0 radical (unpaired) electrons. The van der Waals surface area contributed by atoms with Crippen molar-refractivity contribution in [3.63, 3.8) is 0 Å². The first-order chi connectivity index (χ1) is 26.1. The van der Waals surface area contributed by atoms with Gasteiger partial charge in [-0.25, -0.2) is 24.2 Å². The van der Waals surface area contributed by atoms with Crippen molar-refractivity contribution in [1.82, 2.24) is 14.5 Å². The van der Waals surface area contributed by atoms with Crippen LogP contribution in [0.4, 0.5) is 5.82 Å². The Morgan fingerprint density at radius 3 is 1.70 bits per heavy atom. The summed E-state index contributed by atoms with van der Waals surface area (Å²) in [4.78, 5) is 101. The SMILES string of the molecule is CCCCCCCCCC(=O)OC(CN1CCN(c2ccccn2)CC1)Cn1c(=O)c2c3oc(=O)ccc(=O)oc3c3oc(=O)ccc(=O)oc3c2c1=O. The second-order valence-electron chi connectivity index (χ2n) is 13.1. The number of unbranched alkanes of at least 4 members (excludes halogenated alkanes) is 6. The highest BCUT2D eigenvalue weighted by molar-refractivity contribution is 6.17. The molecule has 0 spiro atoms. The normalized spacial score (nSPS) is 14.1. The van der Waals surface area contributed by atoms with Crippen LogP contribution in [0.5, 0.6) is 0 Å². The highest BCUT2D eigenvalue weighted by Crippen LogP contribution is 2.29. The zero-order chi connectivity index (χ0) is 38.2. The van der Waals surface area contributed by atoms with E-state index < -0.39 is 85.3 Å². The molecule has 16 heteroatoms. The molecule has 4 aromatic heterocycles. The molecule has 1 aromatic carbocycles.